The maximum Gasteiger partial charge on any atom is 0.157 e. The molecule has 0 unspecified atom stereocenters. The van der Waals surface area contributed by atoms with Crippen molar-refractivity contribution in [3.8, 4) is 22.8 Å². The van der Waals surface area contributed by atoms with Crippen molar-refractivity contribution in [2.75, 3.05) is 19.5 Å². The average Bonchev–Trinajstić information content (AvgIpc) is 3.21. The normalized spacial score (nSPS) is 10.8. The van der Waals surface area contributed by atoms with Gasteiger partial charge in [0, 0.05) is 35.9 Å². The van der Waals surface area contributed by atoms with Gasteiger partial charge in [0.15, 0.2) is 5.65 Å². The number of halogens is 1. The lowest BCUT2D eigenvalue weighted by Gasteiger charge is -2.13. The van der Waals surface area contributed by atoms with E-state index < -0.39 is 0 Å². The van der Waals surface area contributed by atoms with Crippen LogP contribution in [0.3, 0.4) is 0 Å². The van der Waals surface area contributed by atoms with Crippen LogP contribution in [0.5, 0.6) is 11.5 Å². The van der Waals surface area contributed by atoms with Crippen molar-refractivity contribution in [1.82, 2.24) is 14.6 Å². The van der Waals surface area contributed by atoms with E-state index in [2.05, 4.69) is 15.4 Å². The third-order valence-corrected chi connectivity index (χ3v) is 4.45. The van der Waals surface area contributed by atoms with Gasteiger partial charge in [-0.15, -0.1) is 0 Å². The smallest absolute Gasteiger partial charge is 0.157 e. The zero-order valence-corrected chi connectivity index (χ0v) is 15.5. The van der Waals surface area contributed by atoms with Crippen molar-refractivity contribution in [3.63, 3.8) is 0 Å². The first-order valence-electron chi connectivity index (χ1n) is 8.73. The monoisotopic (exact) mass is 378 g/mol. The Morgan fingerprint density at radius 3 is 2.57 bits per heavy atom. The van der Waals surface area contributed by atoms with E-state index in [1.54, 1.807) is 37.1 Å². The molecule has 0 bridgehead atoms. The van der Waals surface area contributed by atoms with Crippen molar-refractivity contribution in [1.29, 1.82) is 0 Å². The molecule has 0 atom stereocenters. The molecule has 142 valence electrons. The second kappa shape index (κ2) is 7.56. The van der Waals surface area contributed by atoms with Crippen LogP contribution in [0.25, 0.3) is 16.9 Å². The fourth-order valence-electron chi connectivity index (χ4n) is 2.99. The number of ether oxygens (including phenoxy) is 2. The van der Waals surface area contributed by atoms with Gasteiger partial charge < -0.3 is 14.8 Å². The number of hydrogen-bond acceptors (Lipinski definition) is 5. The maximum absolute atomic E-state index is 13.3. The topological polar surface area (TPSA) is 60.7 Å². The second-order valence-corrected chi connectivity index (χ2v) is 6.17. The predicted molar refractivity (Wildman–Crippen MR) is 105 cm³/mol. The van der Waals surface area contributed by atoms with Gasteiger partial charge in [0.05, 0.1) is 26.1 Å². The summed E-state index contributed by atoms with van der Waals surface area (Å²) in [7, 11) is 3.25. The van der Waals surface area contributed by atoms with E-state index in [0.717, 1.165) is 34.1 Å². The third kappa shape index (κ3) is 3.46. The molecule has 0 spiro atoms. The summed E-state index contributed by atoms with van der Waals surface area (Å²) in [5, 5.41) is 7.72. The highest BCUT2D eigenvalue weighted by molar-refractivity contribution is 5.66. The zero-order chi connectivity index (χ0) is 19.5. The molecular formula is C21H19FN4O2. The molecular weight excluding hydrogens is 359 g/mol. The Labute approximate surface area is 161 Å². The lowest BCUT2D eigenvalue weighted by Crippen LogP contribution is -2.07. The van der Waals surface area contributed by atoms with Gasteiger partial charge in [-0.1, -0.05) is 0 Å². The molecule has 0 aliphatic rings. The highest BCUT2D eigenvalue weighted by atomic mass is 19.1. The number of benzene rings is 2. The van der Waals surface area contributed by atoms with Crippen LogP contribution in [0.15, 0.2) is 60.8 Å². The van der Waals surface area contributed by atoms with E-state index in [-0.39, 0.29) is 5.82 Å². The summed E-state index contributed by atoms with van der Waals surface area (Å²) in [5.74, 6) is 1.96. The number of nitrogens with one attached hydrogen (secondary N) is 1. The Bertz CT molecular complexity index is 1110. The zero-order valence-electron chi connectivity index (χ0n) is 15.5. The number of nitrogens with zero attached hydrogens (tertiary/aromatic N) is 3. The van der Waals surface area contributed by atoms with E-state index in [1.165, 1.54) is 12.1 Å². The SMILES string of the molecule is COc1ccc(CNc2cc(-c3ccc(F)cc3)nc3ccnn23)c(OC)c1. The standard InChI is InChI=1S/C21H19FN4O2/c1-27-17-8-5-15(19(11-17)28-2)13-23-21-12-18(14-3-6-16(22)7-4-14)25-20-9-10-24-26(20)21/h3-12,23H,13H2,1-2H3. The molecule has 0 amide bonds. The summed E-state index contributed by atoms with van der Waals surface area (Å²) < 4.78 is 25.7. The summed E-state index contributed by atoms with van der Waals surface area (Å²) in [5.41, 5.74) is 3.24. The number of hydrogen-bond donors (Lipinski definition) is 1. The van der Waals surface area contributed by atoms with E-state index in [9.17, 15) is 4.39 Å². The van der Waals surface area contributed by atoms with Crippen LogP contribution in [0, 0.1) is 5.82 Å². The lowest BCUT2D eigenvalue weighted by molar-refractivity contribution is 0.391. The predicted octanol–water partition coefficient (Wildman–Crippen LogP) is 4.16. The minimum absolute atomic E-state index is 0.279. The maximum atomic E-state index is 13.3. The summed E-state index contributed by atoms with van der Waals surface area (Å²) in [6.07, 6.45) is 1.69. The Morgan fingerprint density at radius 1 is 1.00 bits per heavy atom. The van der Waals surface area contributed by atoms with Gasteiger partial charge in [0.25, 0.3) is 0 Å². The lowest BCUT2D eigenvalue weighted by atomic mass is 10.1. The van der Waals surface area contributed by atoms with Crippen molar-refractivity contribution >= 4 is 11.5 Å². The Balaban J connectivity index is 1.67. The van der Waals surface area contributed by atoms with Crippen LogP contribution in [0.1, 0.15) is 5.56 Å². The Morgan fingerprint density at radius 2 is 1.82 bits per heavy atom. The van der Waals surface area contributed by atoms with Crippen LogP contribution in [-0.2, 0) is 6.54 Å². The van der Waals surface area contributed by atoms with Gasteiger partial charge >= 0.3 is 0 Å². The van der Waals surface area contributed by atoms with Crippen LogP contribution < -0.4 is 14.8 Å². The molecule has 1 N–H and O–H groups in total. The summed E-state index contributed by atoms with van der Waals surface area (Å²) in [6, 6.07) is 15.7. The van der Waals surface area contributed by atoms with Crippen molar-refractivity contribution in [2.45, 2.75) is 6.54 Å². The fourth-order valence-corrected chi connectivity index (χ4v) is 2.99. The second-order valence-electron chi connectivity index (χ2n) is 6.17. The summed E-state index contributed by atoms with van der Waals surface area (Å²) in [4.78, 5) is 4.60. The quantitative estimate of drug-likeness (QED) is 0.546. The van der Waals surface area contributed by atoms with E-state index in [4.69, 9.17) is 9.47 Å². The highest BCUT2D eigenvalue weighted by Crippen LogP contribution is 2.27. The molecule has 0 aliphatic heterocycles. The molecule has 4 rings (SSSR count). The molecule has 0 saturated carbocycles. The minimum Gasteiger partial charge on any atom is -0.497 e. The van der Waals surface area contributed by atoms with Crippen LogP contribution >= 0.6 is 0 Å². The molecule has 0 saturated heterocycles. The van der Waals surface area contributed by atoms with Crippen molar-refractivity contribution in [2.24, 2.45) is 0 Å². The van der Waals surface area contributed by atoms with Crippen LogP contribution in [-0.4, -0.2) is 28.8 Å². The van der Waals surface area contributed by atoms with Gasteiger partial charge in [0.1, 0.15) is 23.1 Å². The largest absolute Gasteiger partial charge is 0.497 e. The van der Waals surface area contributed by atoms with Gasteiger partial charge in [-0.25, -0.2) is 9.37 Å². The van der Waals surface area contributed by atoms with Gasteiger partial charge in [-0.3, -0.25) is 0 Å². The molecule has 6 nitrogen and oxygen atoms in total. The molecule has 0 radical (unpaired) electrons. The van der Waals surface area contributed by atoms with Gasteiger partial charge in [0.2, 0.25) is 0 Å². The third-order valence-electron chi connectivity index (χ3n) is 4.45. The number of aromatic nitrogens is 3. The van der Waals surface area contributed by atoms with Crippen LogP contribution in [0.4, 0.5) is 10.2 Å². The summed E-state index contributed by atoms with van der Waals surface area (Å²) >= 11 is 0. The average molecular weight is 378 g/mol. The van der Waals surface area contributed by atoms with E-state index in [0.29, 0.717) is 12.2 Å². The number of methoxy groups -OCH3 is 2. The van der Waals surface area contributed by atoms with Crippen molar-refractivity contribution in [3.05, 3.63) is 72.2 Å². The van der Waals surface area contributed by atoms with Crippen LogP contribution in [0.2, 0.25) is 0 Å². The molecule has 4 aromatic rings. The molecule has 2 aromatic carbocycles. The molecule has 7 heteroatoms. The van der Waals surface area contributed by atoms with E-state index >= 15 is 0 Å². The Kier molecular flexibility index (Phi) is 4.80. The van der Waals surface area contributed by atoms with Crippen molar-refractivity contribution < 1.29 is 13.9 Å². The van der Waals surface area contributed by atoms with E-state index in [1.807, 2.05) is 30.3 Å². The van der Waals surface area contributed by atoms with Gasteiger partial charge in [-0.05, 0) is 36.4 Å². The molecule has 0 aliphatic carbocycles. The highest BCUT2D eigenvalue weighted by Gasteiger charge is 2.10. The number of fused-ring (bicyclic) bond motifs is 1. The molecule has 2 aromatic heterocycles. The number of rotatable bonds is 6. The molecule has 2 heterocycles. The first kappa shape index (κ1) is 17.8. The van der Waals surface area contributed by atoms with Gasteiger partial charge in [-0.2, -0.15) is 9.61 Å². The first-order chi connectivity index (χ1) is 13.7. The first-order valence-corrected chi connectivity index (χ1v) is 8.73. The fraction of sp³-hybridized carbons (Fsp3) is 0.143. The summed E-state index contributed by atoms with van der Waals surface area (Å²) in [6.45, 7) is 0.523. The molecule has 28 heavy (non-hydrogen) atoms. The Hall–Kier alpha value is -3.61. The minimum atomic E-state index is -0.279. The number of anilines is 1. The molecule has 0 fully saturated rings.